The van der Waals surface area contributed by atoms with Crippen molar-refractivity contribution in [1.29, 1.82) is 0 Å². The Morgan fingerprint density at radius 1 is 1.53 bits per heavy atom. The largest absolute Gasteiger partial charge is 0.506 e. The number of hydrogen-bond acceptors (Lipinski definition) is 3. The molecule has 1 rings (SSSR count). The molecule has 0 bridgehead atoms. The highest BCUT2D eigenvalue weighted by atomic mass is 35.5. The van der Waals surface area contributed by atoms with E-state index in [0.717, 1.165) is 5.56 Å². The van der Waals surface area contributed by atoms with E-state index in [-0.39, 0.29) is 11.7 Å². The monoisotopic (exact) mass is 256 g/mol. The zero-order valence-electron chi connectivity index (χ0n) is 10.0. The fourth-order valence-corrected chi connectivity index (χ4v) is 1.72. The van der Waals surface area contributed by atoms with Gasteiger partial charge in [0, 0.05) is 13.1 Å². The van der Waals surface area contributed by atoms with Gasteiger partial charge in [-0.2, -0.15) is 0 Å². The topological polar surface area (TPSA) is 52.6 Å². The molecule has 0 unspecified atom stereocenters. The zero-order valence-corrected chi connectivity index (χ0v) is 10.8. The Morgan fingerprint density at radius 2 is 2.24 bits per heavy atom. The molecule has 94 valence electrons. The lowest BCUT2D eigenvalue weighted by atomic mass is 10.2. The summed E-state index contributed by atoms with van der Waals surface area (Å²) in [6.45, 7) is 3.47. The van der Waals surface area contributed by atoms with Crippen molar-refractivity contribution in [3.05, 3.63) is 28.8 Å². The molecule has 1 aromatic rings. The van der Waals surface area contributed by atoms with Gasteiger partial charge in [-0.3, -0.25) is 9.69 Å². The molecule has 0 aromatic heterocycles. The van der Waals surface area contributed by atoms with E-state index in [1.165, 1.54) is 0 Å². The lowest BCUT2D eigenvalue weighted by molar-refractivity contribution is -0.121. The van der Waals surface area contributed by atoms with Gasteiger partial charge in [0.25, 0.3) is 0 Å². The molecule has 0 saturated carbocycles. The van der Waals surface area contributed by atoms with Crippen LogP contribution in [0.15, 0.2) is 18.2 Å². The maximum Gasteiger partial charge on any atom is 0.234 e. The Labute approximate surface area is 106 Å². The SMILES string of the molecule is CCNC(=O)CN(C)Cc1ccc(O)c(Cl)c1. The minimum atomic E-state index is -0.000115. The number of halogens is 1. The van der Waals surface area contributed by atoms with Gasteiger partial charge >= 0.3 is 0 Å². The Morgan fingerprint density at radius 3 is 2.82 bits per heavy atom. The van der Waals surface area contributed by atoms with Crippen molar-refractivity contribution in [3.63, 3.8) is 0 Å². The standard InChI is InChI=1S/C12H17ClN2O2/c1-3-14-12(17)8-15(2)7-9-4-5-11(16)10(13)6-9/h4-6,16H,3,7-8H2,1-2H3,(H,14,17). The first kappa shape index (κ1) is 13.8. The van der Waals surface area contributed by atoms with Gasteiger partial charge in [-0.05, 0) is 31.7 Å². The van der Waals surface area contributed by atoms with Gasteiger partial charge in [0.05, 0.1) is 11.6 Å². The van der Waals surface area contributed by atoms with Crippen LogP contribution in [0.25, 0.3) is 0 Å². The van der Waals surface area contributed by atoms with Crippen molar-refractivity contribution in [2.24, 2.45) is 0 Å². The molecule has 1 aromatic carbocycles. The van der Waals surface area contributed by atoms with Crippen LogP contribution < -0.4 is 5.32 Å². The van der Waals surface area contributed by atoms with E-state index >= 15 is 0 Å². The number of nitrogens with one attached hydrogen (secondary N) is 1. The quantitative estimate of drug-likeness (QED) is 0.842. The summed E-state index contributed by atoms with van der Waals surface area (Å²) >= 11 is 5.80. The third kappa shape index (κ3) is 4.63. The molecule has 0 spiro atoms. The second-order valence-electron chi connectivity index (χ2n) is 3.91. The summed E-state index contributed by atoms with van der Waals surface area (Å²) in [7, 11) is 1.86. The van der Waals surface area contributed by atoms with Crippen molar-refractivity contribution < 1.29 is 9.90 Å². The third-order valence-electron chi connectivity index (χ3n) is 2.25. The summed E-state index contributed by atoms with van der Waals surface area (Å²) in [5, 5.41) is 12.3. The maximum absolute atomic E-state index is 11.3. The van der Waals surface area contributed by atoms with Crippen LogP contribution in [0.1, 0.15) is 12.5 Å². The van der Waals surface area contributed by atoms with Crippen LogP contribution in [0, 0.1) is 0 Å². The Hall–Kier alpha value is -1.26. The van der Waals surface area contributed by atoms with Crippen molar-refractivity contribution in [1.82, 2.24) is 10.2 Å². The number of nitrogens with zero attached hydrogens (tertiary/aromatic N) is 1. The molecule has 1 amide bonds. The summed E-state index contributed by atoms with van der Waals surface area (Å²) in [6.07, 6.45) is 0. The van der Waals surface area contributed by atoms with Gasteiger partial charge in [0.2, 0.25) is 5.91 Å². The van der Waals surface area contributed by atoms with E-state index in [9.17, 15) is 9.90 Å². The summed E-state index contributed by atoms with van der Waals surface area (Å²) in [6, 6.07) is 5.04. The van der Waals surface area contributed by atoms with E-state index < -0.39 is 0 Å². The van der Waals surface area contributed by atoms with Crippen LogP contribution >= 0.6 is 11.6 Å². The number of likely N-dealkylation sites (N-methyl/N-ethyl adjacent to an activating group) is 2. The number of aromatic hydroxyl groups is 1. The van der Waals surface area contributed by atoms with Crippen LogP contribution in [0.4, 0.5) is 0 Å². The highest BCUT2D eigenvalue weighted by Crippen LogP contribution is 2.23. The van der Waals surface area contributed by atoms with Gasteiger partial charge in [-0.25, -0.2) is 0 Å². The van der Waals surface area contributed by atoms with Crippen LogP contribution in [-0.2, 0) is 11.3 Å². The van der Waals surface area contributed by atoms with Gasteiger partial charge in [0.15, 0.2) is 0 Å². The van der Waals surface area contributed by atoms with Gasteiger partial charge < -0.3 is 10.4 Å². The number of phenols is 1. The number of carbonyl (C=O) groups excluding carboxylic acids is 1. The minimum Gasteiger partial charge on any atom is -0.506 e. The molecule has 0 aliphatic carbocycles. The predicted molar refractivity (Wildman–Crippen MR) is 68.1 cm³/mol. The molecule has 0 radical (unpaired) electrons. The lowest BCUT2D eigenvalue weighted by Gasteiger charge is -2.16. The first-order chi connectivity index (χ1) is 8.02. The van der Waals surface area contributed by atoms with E-state index in [1.54, 1.807) is 18.2 Å². The first-order valence-electron chi connectivity index (χ1n) is 5.45. The van der Waals surface area contributed by atoms with Crippen molar-refractivity contribution in [2.75, 3.05) is 20.1 Å². The van der Waals surface area contributed by atoms with E-state index in [2.05, 4.69) is 5.32 Å². The smallest absolute Gasteiger partial charge is 0.234 e. The highest BCUT2D eigenvalue weighted by molar-refractivity contribution is 6.32. The third-order valence-corrected chi connectivity index (χ3v) is 2.55. The molecular formula is C12H17ClN2O2. The Kier molecular flexibility index (Phi) is 5.25. The van der Waals surface area contributed by atoms with Gasteiger partial charge in [0.1, 0.15) is 5.75 Å². The van der Waals surface area contributed by atoms with Crippen LogP contribution in [0.3, 0.4) is 0 Å². The van der Waals surface area contributed by atoms with Crippen LogP contribution in [-0.4, -0.2) is 36.1 Å². The molecule has 0 heterocycles. The number of carbonyl (C=O) groups is 1. The molecule has 0 aliphatic heterocycles. The maximum atomic E-state index is 11.3. The zero-order chi connectivity index (χ0) is 12.8. The predicted octanol–water partition coefficient (Wildman–Crippen LogP) is 1.61. The molecule has 0 aliphatic rings. The van der Waals surface area contributed by atoms with E-state index in [1.807, 2.05) is 18.9 Å². The van der Waals surface area contributed by atoms with Crippen molar-refractivity contribution >= 4 is 17.5 Å². The van der Waals surface area contributed by atoms with Crippen molar-refractivity contribution in [3.8, 4) is 5.75 Å². The van der Waals surface area contributed by atoms with Crippen LogP contribution in [0.5, 0.6) is 5.75 Å². The molecule has 0 atom stereocenters. The summed E-state index contributed by atoms with van der Waals surface area (Å²) < 4.78 is 0. The fourth-order valence-electron chi connectivity index (χ4n) is 1.51. The Balaban J connectivity index is 2.53. The molecule has 0 saturated heterocycles. The Bertz CT molecular complexity index is 396. The van der Waals surface area contributed by atoms with Crippen LogP contribution in [0.2, 0.25) is 5.02 Å². The van der Waals surface area contributed by atoms with E-state index in [0.29, 0.717) is 24.7 Å². The summed E-state index contributed by atoms with van der Waals surface area (Å²) in [4.78, 5) is 13.2. The summed E-state index contributed by atoms with van der Waals surface area (Å²) in [5.74, 6) is 0.0710. The lowest BCUT2D eigenvalue weighted by Crippen LogP contribution is -2.34. The first-order valence-corrected chi connectivity index (χ1v) is 5.83. The van der Waals surface area contributed by atoms with E-state index in [4.69, 9.17) is 11.6 Å². The molecule has 4 nitrogen and oxygen atoms in total. The molecule has 5 heteroatoms. The summed E-state index contributed by atoms with van der Waals surface area (Å²) in [5.41, 5.74) is 0.958. The molecule has 0 fully saturated rings. The van der Waals surface area contributed by atoms with Gasteiger partial charge in [-0.1, -0.05) is 17.7 Å². The van der Waals surface area contributed by atoms with Crippen molar-refractivity contribution in [2.45, 2.75) is 13.5 Å². The average molecular weight is 257 g/mol. The average Bonchev–Trinajstić information content (AvgIpc) is 2.23. The number of rotatable bonds is 5. The number of phenolic OH excluding ortho intramolecular Hbond substituents is 1. The number of amides is 1. The highest BCUT2D eigenvalue weighted by Gasteiger charge is 2.07. The normalized spacial score (nSPS) is 10.6. The molecule has 2 N–H and O–H groups in total. The minimum absolute atomic E-state index is 0.000115. The number of hydrogen-bond donors (Lipinski definition) is 2. The van der Waals surface area contributed by atoms with Gasteiger partial charge in [-0.15, -0.1) is 0 Å². The molecular weight excluding hydrogens is 240 g/mol. The fraction of sp³-hybridized carbons (Fsp3) is 0.417. The molecule has 17 heavy (non-hydrogen) atoms. The second kappa shape index (κ2) is 6.47. The second-order valence-corrected chi connectivity index (χ2v) is 4.32. The number of benzene rings is 1.